The van der Waals surface area contributed by atoms with Gasteiger partial charge in [-0.3, -0.25) is 0 Å². The van der Waals surface area contributed by atoms with Gasteiger partial charge in [0, 0.05) is 0 Å². The van der Waals surface area contributed by atoms with Crippen molar-refractivity contribution in [1.82, 2.24) is 29.5 Å². The molecule has 0 amide bonds. The Hall–Kier alpha value is -1.32. The summed E-state index contributed by atoms with van der Waals surface area (Å²) in [5.74, 6) is -1.02. The molecule has 0 saturated heterocycles. The van der Waals surface area contributed by atoms with Crippen LogP contribution < -0.4 is 4.74 Å². The molecule has 7 nitrogen and oxygen atoms in total. The molecule has 2 aromatic heterocycles. The molecule has 0 aliphatic carbocycles. The van der Waals surface area contributed by atoms with Gasteiger partial charge in [0.1, 0.15) is 13.1 Å². The monoisotopic (exact) mass is 644 g/mol. The van der Waals surface area contributed by atoms with E-state index in [2.05, 4.69) is 68.0 Å². The van der Waals surface area contributed by atoms with Crippen LogP contribution in [0.1, 0.15) is 0 Å². The Morgan fingerprint density at radius 2 is 1.50 bits per heavy atom. The molecular weight excluding hydrogens is 638 g/mol. The van der Waals surface area contributed by atoms with Crippen LogP contribution in [0.5, 0.6) is 11.8 Å². The third-order valence-corrected chi connectivity index (χ3v) is 4.50. The highest BCUT2D eigenvalue weighted by molar-refractivity contribution is 9.11. The van der Waals surface area contributed by atoms with Crippen molar-refractivity contribution < 1.29 is 26.7 Å². The molecule has 0 unspecified atom stereocenters. The largest absolute Gasteiger partial charge is 0.421 e. The Morgan fingerprint density at radius 3 is 2.07 bits per heavy atom. The topological polar surface area (TPSA) is 70.7 Å². The normalized spacial score (nSPS) is 11.0. The highest BCUT2D eigenvalue weighted by Gasteiger charge is 2.17. The van der Waals surface area contributed by atoms with Gasteiger partial charge in [0.2, 0.25) is 9.47 Å². The molecule has 0 N–H and O–H groups in total. The summed E-state index contributed by atoms with van der Waals surface area (Å²) in [6, 6.07) is 3.84. The van der Waals surface area contributed by atoms with E-state index >= 15 is 0 Å². The molecule has 2 heterocycles. The molecule has 0 bridgehead atoms. The fraction of sp³-hybridized carbons (Fsp3) is 0.286. The maximum Gasteiger partial charge on any atom is 0.321 e. The fourth-order valence-corrected chi connectivity index (χ4v) is 3.33. The molecule has 30 heavy (non-hydrogen) atoms. The second-order valence-corrected chi connectivity index (χ2v) is 7.65. The smallest absolute Gasteiger partial charge is 0.321 e. The molecular formula is C14H9Br3ClF5N6O. The zero-order chi connectivity index (χ0) is 22.4. The molecule has 3 aromatic rings. The predicted molar refractivity (Wildman–Crippen MR) is 107 cm³/mol. The number of nitrogens with zero attached hydrogens (tertiary/aromatic N) is 6. The average molecular weight is 647 g/mol. The highest BCUT2D eigenvalue weighted by atomic mass is 79.9. The van der Waals surface area contributed by atoms with Crippen LogP contribution >= 0.6 is 59.4 Å². The summed E-state index contributed by atoms with van der Waals surface area (Å²) in [6.07, 6.45) is -5.06. The summed E-state index contributed by atoms with van der Waals surface area (Å²) in [5, 5.41) is 7.16. The number of benzene rings is 1. The third-order valence-electron chi connectivity index (χ3n) is 2.95. The molecule has 3 rings (SSSR count). The molecule has 0 saturated carbocycles. The van der Waals surface area contributed by atoms with Crippen molar-refractivity contribution in [2.45, 2.75) is 25.9 Å². The lowest BCUT2D eigenvalue weighted by Gasteiger charge is -2.07. The minimum atomic E-state index is -2.64. The molecule has 0 aliphatic rings. The second kappa shape index (κ2) is 11.3. The van der Waals surface area contributed by atoms with Crippen LogP contribution in [0.25, 0.3) is 0 Å². The molecule has 1 aromatic carbocycles. The Kier molecular flexibility index (Phi) is 9.43. The van der Waals surface area contributed by atoms with Gasteiger partial charge in [0.15, 0.2) is 16.3 Å². The lowest BCUT2D eigenvalue weighted by atomic mass is 10.3. The van der Waals surface area contributed by atoms with Gasteiger partial charge in [-0.2, -0.15) is 9.97 Å². The zero-order valence-corrected chi connectivity index (χ0v) is 19.8. The summed E-state index contributed by atoms with van der Waals surface area (Å²) < 4.78 is 69.5. The van der Waals surface area contributed by atoms with Gasteiger partial charge in [-0.25, -0.2) is 31.3 Å². The van der Waals surface area contributed by atoms with Crippen molar-refractivity contribution >= 4 is 59.4 Å². The van der Waals surface area contributed by atoms with Gasteiger partial charge in [-0.15, -0.1) is 10.2 Å². The quantitative estimate of drug-likeness (QED) is 0.309. The van der Waals surface area contributed by atoms with Crippen LogP contribution in [0.3, 0.4) is 0 Å². The van der Waals surface area contributed by atoms with E-state index in [9.17, 15) is 22.0 Å². The average Bonchev–Trinajstić information content (AvgIpc) is 3.12. The predicted octanol–water partition coefficient (Wildman–Crippen LogP) is 5.96. The number of hydrogen-bond donors (Lipinski definition) is 0. The van der Waals surface area contributed by atoms with Gasteiger partial charge in [0.25, 0.3) is 12.9 Å². The van der Waals surface area contributed by atoms with Gasteiger partial charge in [-0.05, 0) is 59.9 Å². The van der Waals surface area contributed by atoms with E-state index < -0.39 is 31.8 Å². The Labute approximate surface area is 196 Å². The van der Waals surface area contributed by atoms with Crippen molar-refractivity contribution in [3.63, 3.8) is 0 Å². The van der Waals surface area contributed by atoms with Crippen LogP contribution in [0.15, 0.2) is 32.4 Å². The molecule has 0 fully saturated rings. The van der Waals surface area contributed by atoms with Gasteiger partial charge < -0.3 is 4.74 Å². The summed E-state index contributed by atoms with van der Waals surface area (Å²) >= 11 is 14.4. The maximum absolute atomic E-state index is 13.6. The first-order valence-corrected chi connectivity index (χ1v) is 10.4. The lowest BCUT2D eigenvalue weighted by Crippen LogP contribution is -2.09. The minimum Gasteiger partial charge on any atom is -0.421 e. The summed E-state index contributed by atoms with van der Waals surface area (Å²) in [6.45, 7) is -1.16. The first kappa shape index (κ1) is 24.9. The van der Waals surface area contributed by atoms with E-state index in [1.807, 2.05) is 0 Å². The summed E-state index contributed by atoms with van der Waals surface area (Å²) in [5.41, 5.74) is 0. The third kappa shape index (κ3) is 7.42. The van der Waals surface area contributed by atoms with Crippen molar-refractivity contribution in [2.24, 2.45) is 0 Å². The Balaban J connectivity index is 0.000000248. The number of ether oxygens (including phenoxy) is 1. The lowest BCUT2D eigenvalue weighted by molar-refractivity contribution is 0.117. The van der Waals surface area contributed by atoms with Gasteiger partial charge >= 0.3 is 6.01 Å². The van der Waals surface area contributed by atoms with Crippen molar-refractivity contribution in [1.29, 1.82) is 0 Å². The van der Waals surface area contributed by atoms with E-state index in [0.29, 0.717) is 9.47 Å². The number of hydrogen-bond acceptors (Lipinski definition) is 5. The zero-order valence-electron chi connectivity index (χ0n) is 14.3. The SMILES string of the molecule is FC(F)Cn1nc(Br)nc1Br.Fc1c(Cl)cccc1Oc1nc(Br)nn1CC(F)F. The number of rotatable bonds is 6. The molecule has 0 spiro atoms. The number of aromatic nitrogens is 6. The van der Waals surface area contributed by atoms with E-state index in [4.69, 9.17) is 16.3 Å². The van der Waals surface area contributed by atoms with Crippen LogP contribution in [0, 0.1) is 5.82 Å². The van der Waals surface area contributed by atoms with Crippen LogP contribution in [-0.2, 0) is 13.1 Å². The van der Waals surface area contributed by atoms with Gasteiger partial charge in [0.05, 0.1) is 5.02 Å². The first-order chi connectivity index (χ1) is 14.1. The summed E-state index contributed by atoms with van der Waals surface area (Å²) in [4.78, 5) is 7.45. The molecule has 0 radical (unpaired) electrons. The van der Waals surface area contributed by atoms with Crippen LogP contribution in [0.2, 0.25) is 5.02 Å². The number of halogens is 9. The van der Waals surface area contributed by atoms with Crippen molar-refractivity contribution in [2.75, 3.05) is 0 Å². The highest BCUT2D eigenvalue weighted by Crippen LogP contribution is 2.28. The second-order valence-electron chi connectivity index (χ2n) is 5.11. The van der Waals surface area contributed by atoms with Crippen molar-refractivity contribution in [3.05, 3.63) is 43.2 Å². The van der Waals surface area contributed by atoms with E-state index in [-0.39, 0.29) is 21.5 Å². The molecule has 16 heteroatoms. The Morgan fingerprint density at radius 1 is 0.933 bits per heavy atom. The standard InChI is InChI=1S/C10H6BrClF3N3O.C4H3Br2F2N3/c11-9-16-10(18(17-9)4-7(13)14)19-6-3-1-2-5(12)8(6)15;5-3-9-4(6)11(10-3)1-2(7)8/h1-3,7H,4H2;2H,1H2. The molecule has 164 valence electrons. The number of alkyl halides is 4. The minimum absolute atomic E-state index is 0.0607. The van der Waals surface area contributed by atoms with E-state index in [0.717, 1.165) is 9.36 Å². The van der Waals surface area contributed by atoms with E-state index in [1.54, 1.807) is 0 Å². The van der Waals surface area contributed by atoms with Crippen LogP contribution in [0.4, 0.5) is 22.0 Å². The molecule has 0 atom stereocenters. The van der Waals surface area contributed by atoms with E-state index in [1.165, 1.54) is 18.2 Å². The summed E-state index contributed by atoms with van der Waals surface area (Å²) in [7, 11) is 0. The maximum atomic E-state index is 13.6. The van der Waals surface area contributed by atoms with Gasteiger partial charge in [-0.1, -0.05) is 17.7 Å². The first-order valence-electron chi connectivity index (χ1n) is 7.61. The van der Waals surface area contributed by atoms with Crippen LogP contribution in [-0.4, -0.2) is 42.4 Å². The fourth-order valence-electron chi connectivity index (χ4n) is 1.83. The molecule has 0 aliphatic heterocycles. The Bertz CT molecular complexity index is 989. The van der Waals surface area contributed by atoms with Crippen molar-refractivity contribution in [3.8, 4) is 11.8 Å².